The molecular formula is C33H41Cl2N3O5S. The second-order valence-electron chi connectivity index (χ2n) is 10.6. The van der Waals surface area contributed by atoms with Crippen LogP contribution >= 0.6 is 23.2 Å². The molecule has 0 bridgehead atoms. The van der Waals surface area contributed by atoms with Crippen LogP contribution in [0.3, 0.4) is 0 Å². The van der Waals surface area contributed by atoms with Gasteiger partial charge in [-0.1, -0.05) is 78.7 Å². The van der Waals surface area contributed by atoms with Gasteiger partial charge in [-0.15, -0.1) is 0 Å². The fraction of sp³-hybridized carbons (Fsp3) is 0.394. The molecule has 0 spiro atoms. The Hall–Kier alpha value is -3.27. The van der Waals surface area contributed by atoms with Gasteiger partial charge in [0.2, 0.25) is 21.8 Å². The van der Waals surface area contributed by atoms with E-state index in [1.807, 2.05) is 51.1 Å². The molecule has 0 fully saturated rings. The fourth-order valence-corrected chi connectivity index (χ4v) is 6.19. The Labute approximate surface area is 271 Å². The van der Waals surface area contributed by atoms with Gasteiger partial charge in [-0.3, -0.25) is 13.9 Å². The molecule has 11 heteroatoms. The third-order valence-electron chi connectivity index (χ3n) is 7.21. The second-order valence-corrected chi connectivity index (χ2v) is 13.4. The van der Waals surface area contributed by atoms with E-state index in [4.69, 9.17) is 27.9 Å². The number of hydrogen-bond acceptors (Lipinski definition) is 5. The van der Waals surface area contributed by atoms with Crippen molar-refractivity contribution in [3.63, 3.8) is 0 Å². The van der Waals surface area contributed by atoms with E-state index in [1.54, 1.807) is 47.4 Å². The summed E-state index contributed by atoms with van der Waals surface area (Å²) in [6.45, 7) is 6.21. The first kappa shape index (κ1) is 35.2. The lowest BCUT2D eigenvalue weighted by atomic mass is 10.0. The number of nitrogens with zero attached hydrogens (tertiary/aromatic N) is 2. The first-order valence-corrected chi connectivity index (χ1v) is 17.3. The normalized spacial score (nSPS) is 12.7. The van der Waals surface area contributed by atoms with Crippen LogP contribution in [0.1, 0.15) is 51.2 Å². The number of benzene rings is 3. The zero-order chi connectivity index (χ0) is 32.3. The number of ether oxygens (including phenoxy) is 1. The summed E-state index contributed by atoms with van der Waals surface area (Å²) in [7, 11) is -3.69. The highest BCUT2D eigenvalue weighted by molar-refractivity contribution is 7.92. The van der Waals surface area contributed by atoms with Gasteiger partial charge in [0.15, 0.2) is 0 Å². The molecule has 2 amide bonds. The van der Waals surface area contributed by atoms with Crippen molar-refractivity contribution >= 4 is 50.7 Å². The van der Waals surface area contributed by atoms with Crippen LogP contribution in [0.25, 0.3) is 0 Å². The summed E-state index contributed by atoms with van der Waals surface area (Å²) >= 11 is 12.7. The molecule has 0 aromatic heterocycles. The Kier molecular flexibility index (Phi) is 13.4. The third-order valence-corrected chi connectivity index (χ3v) is 8.98. The zero-order valence-electron chi connectivity index (χ0n) is 25.6. The Morgan fingerprint density at radius 3 is 2.30 bits per heavy atom. The van der Waals surface area contributed by atoms with Crippen LogP contribution in [0.15, 0.2) is 72.8 Å². The summed E-state index contributed by atoms with van der Waals surface area (Å²) in [5.74, 6) is -0.136. The Bertz CT molecular complexity index is 1500. The molecule has 0 saturated heterocycles. The van der Waals surface area contributed by atoms with Crippen LogP contribution in [0.4, 0.5) is 5.69 Å². The number of rotatable bonds is 16. The molecule has 0 unspecified atom stereocenters. The van der Waals surface area contributed by atoms with Crippen molar-refractivity contribution < 1.29 is 22.7 Å². The predicted molar refractivity (Wildman–Crippen MR) is 178 cm³/mol. The van der Waals surface area contributed by atoms with E-state index < -0.39 is 16.1 Å². The number of halogens is 2. The number of anilines is 1. The van der Waals surface area contributed by atoms with Crippen molar-refractivity contribution in [3.8, 4) is 5.75 Å². The van der Waals surface area contributed by atoms with Crippen molar-refractivity contribution in [1.82, 2.24) is 10.2 Å². The van der Waals surface area contributed by atoms with Gasteiger partial charge in [-0.25, -0.2) is 8.42 Å². The van der Waals surface area contributed by atoms with Crippen molar-refractivity contribution in [2.24, 2.45) is 0 Å². The Balaban J connectivity index is 1.94. The average molecular weight is 663 g/mol. The van der Waals surface area contributed by atoms with Crippen LogP contribution in [-0.2, 0) is 32.6 Å². The molecular weight excluding hydrogens is 621 g/mol. The van der Waals surface area contributed by atoms with Crippen molar-refractivity contribution in [1.29, 1.82) is 0 Å². The molecule has 8 nitrogen and oxygen atoms in total. The highest BCUT2D eigenvalue weighted by atomic mass is 35.5. The molecule has 1 N–H and O–H groups in total. The highest BCUT2D eigenvalue weighted by Crippen LogP contribution is 2.30. The zero-order valence-corrected chi connectivity index (χ0v) is 28.0. The molecule has 0 aliphatic heterocycles. The minimum absolute atomic E-state index is 0.00404. The highest BCUT2D eigenvalue weighted by Gasteiger charge is 2.31. The summed E-state index contributed by atoms with van der Waals surface area (Å²) in [5.41, 5.74) is 1.94. The summed E-state index contributed by atoms with van der Waals surface area (Å²) in [4.78, 5) is 29.3. The molecule has 0 aliphatic carbocycles. The number of amides is 2. The maximum absolute atomic E-state index is 14.0. The SMILES string of the molecule is CCOc1ccccc1N(CCCC(=O)N(Cc1ccc(Cl)cc1Cl)[C@@H](Cc1ccccc1)C(=O)N[C@@H](C)CC)S(C)(=O)=O. The van der Waals surface area contributed by atoms with E-state index in [0.29, 0.717) is 33.7 Å². The van der Waals surface area contributed by atoms with Crippen LogP contribution in [0.5, 0.6) is 5.75 Å². The minimum Gasteiger partial charge on any atom is -0.492 e. The first-order valence-electron chi connectivity index (χ1n) is 14.7. The van der Waals surface area contributed by atoms with Crippen molar-refractivity contribution in [2.75, 3.05) is 23.7 Å². The van der Waals surface area contributed by atoms with E-state index in [2.05, 4.69) is 5.32 Å². The Morgan fingerprint density at radius 2 is 1.66 bits per heavy atom. The van der Waals surface area contributed by atoms with Gasteiger partial charge >= 0.3 is 0 Å². The summed E-state index contributed by atoms with van der Waals surface area (Å²) in [6.07, 6.45) is 2.35. The van der Waals surface area contributed by atoms with E-state index in [0.717, 1.165) is 18.2 Å². The van der Waals surface area contributed by atoms with E-state index in [9.17, 15) is 18.0 Å². The monoisotopic (exact) mass is 661 g/mol. The summed E-state index contributed by atoms with van der Waals surface area (Å²) in [6, 6.07) is 20.5. The van der Waals surface area contributed by atoms with Gasteiger partial charge in [-0.05, 0) is 62.1 Å². The van der Waals surface area contributed by atoms with Crippen LogP contribution in [-0.4, -0.2) is 56.6 Å². The van der Waals surface area contributed by atoms with Gasteiger partial charge in [0.05, 0.1) is 18.6 Å². The maximum atomic E-state index is 14.0. The number of hydrogen-bond donors (Lipinski definition) is 1. The molecule has 3 aromatic rings. The second kappa shape index (κ2) is 16.7. The predicted octanol–water partition coefficient (Wildman–Crippen LogP) is 6.49. The van der Waals surface area contributed by atoms with Gasteiger partial charge in [0.1, 0.15) is 11.8 Å². The lowest BCUT2D eigenvalue weighted by Gasteiger charge is -2.33. The molecule has 0 saturated carbocycles. The number of carbonyl (C=O) groups excluding carboxylic acids is 2. The lowest BCUT2D eigenvalue weighted by Crippen LogP contribution is -2.52. The van der Waals surface area contributed by atoms with Crippen LogP contribution in [0, 0.1) is 0 Å². The molecule has 0 heterocycles. The van der Waals surface area contributed by atoms with Crippen LogP contribution < -0.4 is 14.4 Å². The smallest absolute Gasteiger partial charge is 0.243 e. The van der Waals surface area contributed by atoms with Crippen LogP contribution in [0.2, 0.25) is 10.0 Å². The van der Waals surface area contributed by atoms with Crippen molar-refractivity contribution in [3.05, 3.63) is 94.0 Å². The molecule has 238 valence electrons. The minimum atomic E-state index is -3.69. The Morgan fingerprint density at radius 1 is 0.977 bits per heavy atom. The van der Waals surface area contributed by atoms with Crippen molar-refractivity contribution in [2.45, 2.75) is 65.1 Å². The van der Waals surface area contributed by atoms with Gasteiger partial charge < -0.3 is 15.0 Å². The van der Waals surface area contributed by atoms with E-state index in [-0.39, 0.29) is 50.2 Å². The lowest BCUT2D eigenvalue weighted by molar-refractivity contribution is -0.141. The maximum Gasteiger partial charge on any atom is 0.243 e. The summed E-state index contributed by atoms with van der Waals surface area (Å²) < 4.78 is 32.6. The molecule has 0 aliphatic rings. The molecule has 3 rings (SSSR count). The first-order chi connectivity index (χ1) is 20.9. The average Bonchev–Trinajstić information content (AvgIpc) is 2.98. The molecule has 2 atom stereocenters. The largest absolute Gasteiger partial charge is 0.492 e. The third kappa shape index (κ3) is 10.1. The topological polar surface area (TPSA) is 96.0 Å². The number of nitrogens with one attached hydrogen (secondary N) is 1. The quantitative estimate of drug-likeness (QED) is 0.189. The van der Waals surface area contributed by atoms with E-state index >= 15 is 0 Å². The molecule has 3 aromatic carbocycles. The fourth-order valence-electron chi connectivity index (χ4n) is 4.75. The number of carbonyl (C=O) groups is 2. The van der Waals surface area contributed by atoms with E-state index in [1.165, 1.54) is 4.31 Å². The number of para-hydroxylation sites is 2. The standard InChI is InChI=1S/C33H41Cl2N3O5S/c1-5-24(3)36-33(40)30(21-25-13-8-7-9-14-25)37(23-26-18-19-27(34)22-28(26)35)32(39)17-12-20-38(44(4,41)42)29-15-10-11-16-31(29)43-6-2/h7-11,13-16,18-19,22,24,30H,5-6,12,17,20-21,23H2,1-4H3,(H,36,40)/t24-,30-/m0/s1. The van der Waals surface area contributed by atoms with Gasteiger partial charge in [0.25, 0.3) is 0 Å². The molecule has 0 radical (unpaired) electrons. The summed E-state index contributed by atoms with van der Waals surface area (Å²) in [5, 5.41) is 3.88. The number of sulfonamides is 1. The van der Waals surface area contributed by atoms with Gasteiger partial charge in [0, 0.05) is 42.0 Å². The molecule has 44 heavy (non-hydrogen) atoms. The van der Waals surface area contributed by atoms with Gasteiger partial charge in [-0.2, -0.15) is 0 Å².